The zero-order valence-electron chi connectivity index (χ0n) is 11.7. The molecule has 2 aliphatic heterocycles. The molecule has 1 atom stereocenters. The Hall–Kier alpha value is -1.62. The van der Waals surface area contributed by atoms with Crippen molar-refractivity contribution in [3.8, 4) is 6.07 Å². The zero-order chi connectivity index (χ0) is 15.0. The van der Waals surface area contributed by atoms with Crippen LogP contribution >= 0.6 is 0 Å². The summed E-state index contributed by atoms with van der Waals surface area (Å²) in [5.41, 5.74) is 6.34. The van der Waals surface area contributed by atoms with E-state index in [1.165, 1.54) is 22.5 Å². The van der Waals surface area contributed by atoms with Crippen LogP contribution in [-0.4, -0.2) is 49.8 Å². The Labute approximate surface area is 124 Å². The van der Waals surface area contributed by atoms with Crippen molar-refractivity contribution < 1.29 is 8.42 Å². The maximum absolute atomic E-state index is 12.7. The van der Waals surface area contributed by atoms with Gasteiger partial charge in [-0.3, -0.25) is 4.90 Å². The molecule has 0 spiro atoms. The first-order valence-corrected chi connectivity index (χ1v) is 8.50. The predicted octanol–water partition coefficient (Wildman–Crippen LogP) is 0.609. The van der Waals surface area contributed by atoms with Gasteiger partial charge in [-0.15, -0.1) is 0 Å². The predicted molar refractivity (Wildman–Crippen MR) is 78.9 cm³/mol. The second-order valence-corrected chi connectivity index (χ2v) is 7.47. The molecule has 0 bridgehead atoms. The molecule has 0 radical (unpaired) electrons. The van der Waals surface area contributed by atoms with Crippen LogP contribution in [0.3, 0.4) is 0 Å². The Kier molecular flexibility index (Phi) is 3.61. The molecule has 0 aliphatic carbocycles. The number of anilines is 1. The van der Waals surface area contributed by atoms with Crippen LogP contribution in [0.4, 0.5) is 5.69 Å². The summed E-state index contributed by atoms with van der Waals surface area (Å²) in [5, 5.41) is 8.84. The van der Waals surface area contributed by atoms with E-state index in [1.54, 1.807) is 0 Å². The quantitative estimate of drug-likeness (QED) is 0.808. The minimum absolute atomic E-state index is 0.105. The molecule has 2 N–H and O–H groups in total. The van der Waals surface area contributed by atoms with Gasteiger partial charge < -0.3 is 5.73 Å². The standard InChI is InChI=1S/C14H18N4O2S/c15-9-11-3-4-14(13(16)8-11)21(19,20)18-7-6-17-5-1-2-12(17)10-18/h3-4,8,12H,1-2,5-7,10,16H2. The minimum atomic E-state index is -3.58. The first-order valence-electron chi connectivity index (χ1n) is 7.06. The van der Waals surface area contributed by atoms with Crippen LogP contribution in [0.15, 0.2) is 23.1 Å². The molecule has 1 aromatic rings. The lowest BCUT2D eigenvalue weighted by Gasteiger charge is -2.36. The number of rotatable bonds is 2. The second-order valence-electron chi connectivity index (χ2n) is 5.56. The van der Waals surface area contributed by atoms with Gasteiger partial charge in [-0.1, -0.05) is 0 Å². The Morgan fingerprint density at radius 3 is 2.81 bits per heavy atom. The highest BCUT2D eigenvalue weighted by Crippen LogP contribution is 2.28. The van der Waals surface area contributed by atoms with Crippen molar-refractivity contribution in [3.05, 3.63) is 23.8 Å². The zero-order valence-corrected chi connectivity index (χ0v) is 12.5. The molecule has 7 heteroatoms. The van der Waals surface area contributed by atoms with Crippen molar-refractivity contribution in [2.75, 3.05) is 31.9 Å². The van der Waals surface area contributed by atoms with Gasteiger partial charge in [-0.2, -0.15) is 9.57 Å². The van der Waals surface area contributed by atoms with Crippen molar-refractivity contribution >= 4 is 15.7 Å². The maximum atomic E-state index is 12.7. The molecule has 112 valence electrons. The Balaban J connectivity index is 1.88. The van der Waals surface area contributed by atoms with Crippen LogP contribution in [0.2, 0.25) is 0 Å². The fourth-order valence-corrected chi connectivity index (χ4v) is 4.74. The van der Waals surface area contributed by atoms with Crippen molar-refractivity contribution in [3.63, 3.8) is 0 Å². The molecule has 0 saturated carbocycles. The summed E-state index contributed by atoms with van der Waals surface area (Å²) in [4.78, 5) is 2.46. The number of nitrogens with two attached hydrogens (primary N) is 1. The average Bonchev–Trinajstić information content (AvgIpc) is 2.94. The summed E-state index contributed by atoms with van der Waals surface area (Å²) in [5.74, 6) is 0. The highest BCUT2D eigenvalue weighted by atomic mass is 32.2. The van der Waals surface area contributed by atoms with E-state index in [1.807, 2.05) is 6.07 Å². The highest BCUT2D eigenvalue weighted by Gasteiger charge is 2.36. The van der Waals surface area contributed by atoms with E-state index in [0.29, 0.717) is 24.7 Å². The number of hydrogen-bond acceptors (Lipinski definition) is 5. The molecular formula is C14H18N4O2S. The van der Waals surface area contributed by atoms with Gasteiger partial charge in [0.1, 0.15) is 4.90 Å². The topological polar surface area (TPSA) is 90.4 Å². The van der Waals surface area contributed by atoms with Gasteiger partial charge in [0.25, 0.3) is 0 Å². The molecule has 1 unspecified atom stereocenters. The average molecular weight is 306 g/mol. The smallest absolute Gasteiger partial charge is 0.245 e. The molecule has 2 heterocycles. The summed E-state index contributed by atoms with van der Waals surface area (Å²) >= 11 is 0. The van der Waals surface area contributed by atoms with E-state index in [0.717, 1.165) is 25.9 Å². The van der Waals surface area contributed by atoms with Gasteiger partial charge in [-0.25, -0.2) is 8.42 Å². The van der Waals surface area contributed by atoms with Gasteiger partial charge in [-0.05, 0) is 37.6 Å². The molecule has 0 aromatic heterocycles. The summed E-state index contributed by atoms with van der Waals surface area (Å²) in [6.07, 6.45) is 2.19. The van der Waals surface area contributed by atoms with Gasteiger partial charge in [0, 0.05) is 25.7 Å². The number of hydrogen-bond donors (Lipinski definition) is 1. The first-order chi connectivity index (χ1) is 10.0. The number of sulfonamides is 1. The number of piperazine rings is 1. The number of nitrogen functional groups attached to an aromatic ring is 1. The van der Waals surface area contributed by atoms with Crippen LogP contribution in [0.1, 0.15) is 18.4 Å². The van der Waals surface area contributed by atoms with Crippen molar-refractivity contribution in [2.45, 2.75) is 23.8 Å². The monoisotopic (exact) mass is 306 g/mol. The van der Waals surface area contributed by atoms with Gasteiger partial charge in [0.15, 0.2) is 0 Å². The van der Waals surface area contributed by atoms with Crippen LogP contribution in [0, 0.1) is 11.3 Å². The SMILES string of the molecule is N#Cc1ccc(S(=O)(=O)N2CCN3CCCC3C2)c(N)c1. The normalized spacial score (nSPS) is 23.7. The molecule has 2 fully saturated rings. The van der Waals surface area contributed by atoms with Crippen LogP contribution in [0.5, 0.6) is 0 Å². The number of fused-ring (bicyclic) bond motifs is 1. The van der Waals surface area contributed by atoms with Crippen molar-refractivity contribution in [2.24, 2.45) is 0 Å². The van der Waals surface area contributed by atoms with Gasteiger partial charge in [0.2, 0.25) is 10.0 Å². The summed E-state index contributed by atoms with van der Waals surface area (Å²) in [6, 6.07) is 6.63. The summed E-state index contributed by atoms with van der Waals surface area (Å²) in [7, 11) is -3.58. The van der Waals surface area contributed by atoms with E-state index in [-0.39, 0.29) is 10.6 Å². The lowest BCUT2D eigenvalue weighted by Crippen LogP contribution is -2.51. The molecule has 3 rings (SSSR count). The molecular weight excluding hydrogens is 288 g/mol. The molecule has 6 nitrogen and oxygen atoms in total. The summed E-state index contributed by atoms with van der Waals surface area (Å²) in [6.45, 7) is 2.87. The van der Waals surface area contributed by atoms with Crippen LogP contribution in [0.25, 0.3) is 0 Å². The van der Waals surface area contributed by atoms with Crippen LogP contribution in [-0.2, 0) is 10.0 Å². The molecule has 2 saturated heterocycles. The van der Waals surface area contributed by atoms with E-state index in [9.17, 15) is 8.42 Å². The summed E-state index contributed by atoms with van der Waals surface area (Å²) < 4.78 is 27.0. The number of nitriles is 1. The Morgan fingerprint density at radius 2 is 2.10 bits per heavy atom. The maximum Gasteiger partial charge on any atom is 0.245 e. The number of nitrogens with zero attached hydrogens (tertiary/aromatic N) is 3. The fraction of sp³-hybridized carbons (Fsp3) is 0.500. The Morgan fingerprint density at radius 1 is 1.29 bits per heavy atom. The van der Waals surface area contributed by atoms with E-state index in [2.05, 4.69) is 4.90 Å². The third-order valence-corrected chi connectivity index (χ3v) is 6.25. The third kappa shape index (κ3) is 2.50. The van der Waals surface area contributed by atoms with E-state index < -0.39 is 10.0 Å². The fourth-order valence-electron chi connectivity index (χ4n) is 3.17. The van der Waals surface area contributed by atoms with E-state index >= 15 is 0 Å². The first kappa shape index (κ1) is 14.3. The lowest BCUT2D eigenvalue weighted by molar-refractivity contribution is 0.158. The third-order valence-electron chi connectivity index (χ3n) is 4.31. The molecule has 21 heavy (non-hydrogen) atoms. The Bertz CT molecular complexity index is 695. The van der Waals surface area contributed by atoms with Gasteiger partial charge in [0.05, 0.1) is 17.3 Å². The number of benzene rings is 1. The van der Waals surface area contributed by atoms with Crippen molar-refractivity contribution in [1.29, 1.82) is 5.26 Å². The van der Waals surface area contributed by atoms with E-state index in [4.69, 9.17) is 11.0 Å². The second kappa shape index (κ2) is 5.30. The minimum Gasteiger partial charge on any atom is -0.398 e. The molecule has 1 aromatic carbocycles. The van der Waals surface area contributed by atoms with Crippen molar-refractivity contribution in [1.82, 2.24) is 9.21 Å². The lowest BCUT2D eigenvalue weighted by atomic mass is 10.2. The molecule has 0 amide bonds. The highest BCUT2D eigenvalue weighted by molar-refractivity contribution is 7.89. The van der Waals surface area contributed by atoms with Gasteiger partial charge >= 0.3 is 0 Å². The molecule has 2 aliphatic rings. The largest absolute Gasteiger partial charge is 0.398 e. The van der Waals surface area contributed by atoms with Crippen LogP contribution < -0.4 is 5.73 Å².